The van der Waals surface area contributed by atoms with Crippen LogP contribution in [0.5, 0.6) is 0 Å². The van der Waals surface area contributed by atoms with Gasteiger partial charge in [0, 0.05) is 29.6 Å². The number of hydrogen-bond donors (Lipinski definition) is 1. The summed E-state index contributed by atoms with van der Waals surface area (Å²) in [6.45, 7) is 3.23. The second-order valence-corrected chi connectivity index (χ2v) is 8.57. The van der Waals surface area contributed by atoms with Gasteiger partial charge < -0.3 is 10.0 Å². The Morgan fingerprint density at radius 2 is 2.07 bits per heavy atom. The van der Waals surface area contributed by atoms with Gasteiger partial charge in [-0.05, 0) is 54.8 Å². The number of benzene rings is 1. The number of rotatable bonds is 4. The predicted octanol–water partition coefficient (Wildman–Crippen LogP) is 3.70. The van der Waals surface area contributed by atoms with Crippen LogP contribution in [-0.4, -0.2) is 41.5 Å². The van der Waals surface area contributed by atoms with Crippen LogP contribution in [0.4, 0.5) is 5.69 Å². The highest BCUT2D eigenvalue weighted by Crippen LogP contribution is 2.38. The second-order valence-electron chi connectivity index (χ2n) is 7.22. The highest BCUT2D eigenvalue weighted by molar-refractivity contribution is 7.11. The number of nitrogens with zero attached hydrogens (tertiary/aromatic N) is 2. The maximum atomic E-state index is 13.4. The van der Waals surface area contributed by atoms with Crippen molar-refractivity contribution in [2.24, 2.45) is 5.92 Å². The number of carbonyl (C=O) groups is 2. The molecule has 1 aromatic heterocycles. The summed E-state index contributed by atoms with van der Waals surface area (Å²) in [6.07, 6.45) is 1.80. The molecule has 5 nitrogen and oxygen atoms in total. The molecular formula is C21H21ClN2O3S. The third-order valence-corrected chi connectivity index (χ3v) is 6.63. The number of likely N-dealkylation sites (tertiary alicyclic amines) is 1. The first-order valence-corrected chi connectivity index (χ1v) is 10.6. The predicted molar refractivity (Wildman–Crippen MR) is 111 cm³/mol. The Morgan fingerprint density at radius 3 is 2.75 bits per heavy atom. The van der Waals surface area contributed by atoms with E-state index in [9.17, 15) is 14.7 Å². The molecule has 7 heteroatoms. The number of imide groups is 1. The molecule has 1 unspecified atom stereocenters. The van der Waals surface area contributed by atoms with E-state index in [1.807, 2.05) is 35.4 Å². The highest BCUT2D eigenvalue weighted by atomic mass is 35.5. The van der Waals surface area contributed by atoms with Gasteiger partial charge in [-0.25, -0.2) is 4.90 Å². The van der Waals surface area contributed by atoms with Crippen LogP contribution in [0.2, 0.25) is 5.02 Å². The van der Waals surface area contributed by atoms with Gasteiger partial charge in [-0.2, -0.15) is 0 Å². The lowest BCUT2D eigenvalue weighted by atomic mass is 9.98. The lowest BCUT2D eigenvalue weighted by molar-refractivity contribution is -0.120. The number of amides is 2. The minimum atomic E-state index is -0.327. The summed E-state index contributed by atoms with van der Waals surface area (Å²) in [5.74, 6) is -0.544. The molecule has 146 valence electrons. The highest BCUT2D eigenvalue weighted by Gasteiger charge is 2.43. The number of carbonyl (C=O) groups excluding carboxylic acids is 2. The van der Waals surface area contributed by atoms with Gasteiger partial charge in [0.1, 0.15) is 5.70 Å². The number of aliphatic hydroxyl groups is 1. The Morgan fingerprint density at radius 1 is 1.25 bits per heavy atom. The molecule has 2 amide bonds. The molecule has 1 aromatic carbocycles. The van der Waals surface area contributed by atoms with Crippen molar-refractivity contribution in [3.63, 3.8) is 0 Å². The third-order valence-electron chi connectivity index (χ3n) is 5.33. The van der Waals surface area contributed by atoms with Gasteiger partial charge in [0.05, 0.1) is 11.3 Å². The topological polar surface area (TPSA) is 60.9 Å². The fraction of sp³-hybridized carbons (Fsp3) is 0.333. The van der Waals surface area contributed by atoms with E-state index in [1.165, 1.54) is 16.2 Å². The van der Waals surface area contributed by atoms with E-state index in [1.54, 1.807) is 12.1 Å². The number of anilines is 1. The van der Waals surface area contributed by atoms with E-state index in [0.717, 1.165) is 23.3 Å². The molecule has 4 rings (SSSR count). The fourth-order valence-corrected chi connectivity index (χ4v) is 4.76. The largest absolute Gasteiger partial charge is 0.396 e. The molecule has 28 heavy (non-hydrogen) atoms. The average Bonchev–Trinajstić information content (AvgIpc) is 3.30. The van der Waals surface area contributed by atoms with E-state index in [0.29, 0.717) is 35.1 Å². The summed E-state index contributed by atoms with van der Waals surface area (Å²) in [5, 5.41) is 12.0. The number of thiophene rings is 1. The molecule has 1 atom stereocenters. The zero-order valence-corrected chi connectivity index (χ0v) is 17.1. The first kappa shape index (κ1) is 19.2. The van der Waals surface area contributed by atoms with Crippen molar-refractivity contribution in [2.45, 2.75) is 19.8 Å². The molecule has 2 aliphatic rings. The molecule has 3 heterocycles. The van der Waals surface area contributed by atoms with Crippen molar-refractivity contribution in [1.82, 2.24) is 4.90 Å². The molecule has 2 aromatic rings. The van der Waals surface area contributed by atoms with Gasteiger partial charge in [-0.3, -0.25) is 9.59 Å². The van der Waals surface area contributed by atoms with Crippen LogP contribution in [0.25, 0.3) is 5.57 Å². The smallest absolute Gasteiger partial charge is 0.282 e. The van der Waals surface area contributed by atoms with Crippen LogP contribution in [0.1, 0.15) is 23.3 Å². The average molecular weight is 417 g/mol. The van der Waals surface area contributed by atoms with Gasteiger partial charge in [-0.15, -0.1) is 11.3 Å². The SMILES string of the molecule is Cc1ccc(N2C(=O)C(c3cccs3)=C(N3CCCC(CO)C3)C2=O)cc1Cl. The van der Waals surface area contributed by atoms with E-state index in [-0.39, 0.29) is 24.3 Å². The lowest BCUT2D eigenvalue weighted by Crippen LogP contribution is -2.40. The number of aliphatic hydroxyl groups excluding tert-OH is 1. The minimum Gasteiger partial charge on any atom is -0.396 e. The van der Waals surface area contributed by atoms with E-state index >= 15 is 0 Å². The first-order chi connectivity index (χ1) is 13.5. The maximum Gasteiger partial charge on any atom is 0.282 e. The first-order valence-electron chi connectivity index (χ1n) is 9.30. The van der Waals surface area contributed by atoms with Gasteiger partial charge in [0.2, 0.25) is 0 Å². The molecule has 0 saturated carbocycles. The van der Waals surface area contributed by atoms with E-state index < -0.39 is 0 Å². The monoisotopic (exact) mass is 416 g/mol. The minimum absolute atomic E-state index is 0.0809. The zero-order chi connectivity index (χ0) is 19.8. The zero-order valence-electron chi connectivity index (χ0n) is 15.5. The summed E-state index contributed by atoms with van der Waals surface area (Å²) < 4.78 is 0. The van der Waals surface area contributed by atoms with Crippen molar-refractivity contribution < 1.29 is 14.7 Å². The molecule has 0 bridgehead atoms. The van der Waals surface area contributed by atoms with Crippen molar-refractivity contribution >= 4 is 46.0 Å². The number of aryl methyl sites for hydroxylation is 1. The molecule has 0 spiro atoms. The summed E-state index contributed by atoms with van der Waals surface area (Å²) in [4.78, 5) is 30.7. The summed E-state index contributed by atoms with van der Waals surface area (Å²) in [6, 6.07) is 8.96. The van der Waals surface area contributed by atoms with Gasteiger partial charge >= 0.3 is 0 Å². The Bertz CT molecular complexity index is 955. The number of hydrogen-bond acceptors (Lipinski definition) is 5. The normalized spacial score (nSPS) is 20.5. The molecule has 0 radical (unpaired) electrons. The van der Waals surface area contributed by atoms with Crippen LogP contribution in [-0.2, 0) is 9.59 Å². The Labute approximate surface area is 172 Å². The second kappa shape index (κ2) is 7.70. The van der Waals surface area contributed by atoms with Crippen molar-refractivity contribution in [1.29, 1.82) is 0 Å². The molecule has 0 aliphatic carbocycles. The molecule has 2 aliphatic heterocycles. The van der Waals surface area contributed by atoms with Crippen LogP contribution in [0, 0.1) is 12.8 Å². The third kappa shape index (κ3) is 3.26. The summed E-state index contributed by atoms with van der Waals surface area (Å²) >= 11 is 7.69. The van der Waals surface area contributed by atoms with Crippen LogP contribution in [0.15, 0.2) is 41.4 Å². The van der Waals surface area contributed by atoms with Gasteiger partial charge in [-0.1, -0.05) is 23.7 Å². The number of halogens is 1. The number of piperidine rings is 1. The molecular weight excluding hydrogens is 396 g/mol. The van der Waals surface area contributed by atoms with Crippen LogP contribution in [0.3, 0.4) is 0 Å². The van der Waals surface area contributed by atoms with E-state index in [2.05, 4.69) is 0 Å². The van der Waals surface area contributed by atoms with Crippen molar-refractivity contribution in [2.75, 3.05) is 24.6 Å². The van der Waals surface area contributed by atoms with Crippen molar-refractivity contribution in [3.05, 3.63) is 56.9 Å². The van der Waals surface area contributed by atoms with Gasteiger partial charge in [0.15, 0.2) is 0 Å². The van der Waals surface area contributed by atoms with Crippen molar-refractivity contribution in [3.8, 4) is 0 Å². The Hall–Kier alpha value is -2.15. The summed E-state index contributed by atoms with van der Waals surface area (Å²) in [7, 11) is 0. The van der Waals surface area contributed by atoms with E-state index in [4.69, 9.17) is 11.6 Å². The van der Waals surface area contributed by atoms with Crippen LogP contribution < -0.4 is 4.90 Å². The fourth-order valence-electron chi connectivity index (χ4n) is 3.83. The Kier molecular flexibility index (Phi) is 5.27. The molecule has 1 fully saturated rings. The van der Waals surface area contributed by atoms with Gasteiger partial charge in [0.25, 0.3) is 11.8 Å². The van der Waals surface area contributed by atoms with Crippen LogP contribution >= 0.6 is 22.9 Å². The molecule has 1 N–H and O–H groups in total. The quantitative estimate of drug-likeness (QED) is 0.772. The Balaban J connectivity index is 1.79. The lowest BCUT2D eigenvalue weighted by Gasteiger charge is -2.34. The summed E-state index contributed by atoms with van der Waals surface area (Å²) in [5.41, 5.74) is 2.24. The molecule has 1 saturated heterocycles. The standard InChI is InChI=1S/C21H21ClN2O3S/c1-13-6-7-15(10-16(13)22)24-20(26)18(17-5-3-9-28-17)19(21(24)27)23-8-2-4-14(11-23)12-25/h3,5-7,9-10,14,25H,2,4,8,11-12H2,1H3. The maximum absolute atomic E-state index is 13.4.